The first kappa shape index (κ1) is 23.5. The lowest BCUT2D eigenvalue weighted by Crippen LogP contribution is -2.37. The van der Waals surface area contributed by atoms with Crippen molar-refractivity contribution in [2.24, 2.45) is 0 Å². The standard InChI is InChI=1S/C20H20F3N5O3S2/c1-12-24-14(10-32-12)9-18-26-27-19(31-18)33-11-17(29)25-15-8-13(20(21,22)23)2-3-16(15)28-4-6-30-7-5-28/h2-3,8,10H,4-7,9,11H2,1H3,(H,25,29). The number of anilines is 2. The van der Waals surface area contributed by atoms with Crippen LogP contribution in [0.4, 0.5) is 24.5 Å². The van der Waals surface area contributed by atoms with E-state index < -0.39 is 17.6 Å². The van der Waals surface area contributed by atoms with E-state index in [9.17, 15) is 18.0 Å². The molecule has 0 unspecified atom stereocenters. The molecule has 0 radical (unpaired) electrons. The Kier molecular flexibility index (Phi) is 7.20. The van der Waals surface area contributed by atoms with E-state index in [4.69, 9.17) is 9.15 Å². The van der Waals surface area contributed by atoms with Gasteiger partial charge < -0.3 is 19.4 Å². The number of carbonyl (C=O) groups excluding carboxylic acids is 1. The maximum absolute atomic E-state index is 13.2. The summed E-state index contributed by atoms with van der Waals surface area (Å²) in [6.45, 7) is 3.86. The third kappa shape index (κ3) is 6.24. The number of benzene rings is 1. The number of aryl methyl sites for hydroxylation is 1. The van der Waals surface area contributed by atoms with Crippen LogP contribution in [0.3, 0.4) is 0 Å². The number of nitrogens with zero attached hydrogens (tertiary/aromatic N) is 4. The van der Waals surface area contributed by atoms with E-state index in [0.29, 0.717) is 44.3 Å². The third-order valence-electron chi connectivity index (χ3n) is 4.72. The lowest BCUT2D eigenvalue weighted by molar-refractivity contribution is -0.137. The summed E-state index contributed by atoms with van der Waals surface area (Å²) in [6, 6.07) is 3.34. The second kappa shape index (κ2) is 10.1. The van der Waals surface area contributed by atoms with E-state index >= 15 is 0 Å². The molecule has 1 aromatic carbocycles. The summed E-state index contributed by atoms with van der Waals surface area (Å²) in [6.07, 6.45) is -4.13. The number of aromatic nitrogens is 3. The molecule has 0 saturated carbocycles. The molecule has 1 aliphatic rings. The van der Waals surface area contributed by atoms with Gasteiger partial charge in [0.05, 0.1) is 53.0 Å². The minimum atomic E-state index is -4.52. The van der Waals surface area contributed by atoms with Crippen LogP contribution in [0.15, 0.2) is 33.2 Å². The van der Waals surface area contributed by atoms with Gasteiger partial charge in [-0.15, -0.1) is 21.5 Å². The summed E-state index contributed by atoms with van der Waals surface area (Å²) in [4.78, 5) is 18.7. The summed E-state index contributed by atoms with van der Waals surface area (Å²) in [7, 11) is 0. The van der Waals surface area contributed by atoms with Crippen molar-refractivity contribution in [2.45, 2.75) is 24.7 Å². The zero-order valence-electron chi connectivity index (χ0n) is 17.5. The predicted octanol–water partition coefficient (Wildman–Crippen LogP) is 4.01. The van der Waals surface area contributed by atoms with Gasteiger partial charge >= 0.3 is 6.18 Å². The SMILES string of the molecule is Cc1nc(Cc2nnc(SCC(=O)Nc3cc(C(F)(F)F)ccc3N3CCOCC3)o2)cs1. The lowest BCUT2D eigenvalue weighted by Gasteiger charge is -2.31. The van der Waals surface area contributed by atoms with Crippen molar-refractivity contribution in [1.29, 1.82) is 0 Å². The van der Waals surface area contributed by atoms with E-state index in [0.717, 1.165) is 34.6 Å². The average Bonchev–Trinajstić information content (AvgIpc) is 3.41. The highest BCUT2D eigenvalue weighted by Gasteiger charge is 2.32. The van der Waals surface area contributed by atoms with E-state index in [1.54, 1.807) is 0 Å². The highest BCUT2D eigenvalue weighted by molar-refractivity contribution is 7.99. The molecule has 8 nitrogen and oxygen atoms in total. The maximum Gasteiger partial charge on any atom is 0.416 e. The van der Waals surface area contributed by atoms with Crippen molar-refractivity contribution in [1.82, 2.24) is 15.2 Å². The number of hydrogen-bond acceptors (Lipinski definition) is 9. The molecule has 0 aliphatic carbocycles. The first-order valence-electron chi connectivity index (χ1n) is 9.98. The number of nitrogens with one attached hydrogen (secondary N) is 1. The van der Waals surface area contributed by atoms with Gasteiger partial charge in [-0.2, -0.15) is 13.2 Å². The molecular formula is C20H20F3N5O3S2. The highest BCUT2D eigenvalue weighted by Crippen LogP contribution is 2.36. The van der Waals surface area contributed by atoms with Crippen molar-refractivity contribution >= 4 is 40.4 Å². The Hall–Kier alpha value is -2.64. The number of halogens is 3. The van der Waals surface area contributed by atoms with Gasteiger partial charge in [0.1, 0.15) is 0 Å². The Labute approximate surface area is 195 Å². The smallest absolute Gasteiger partial charge is 0.416 e. The van der Waals surface area contributed by atoms with Crippen LogP contribution in [0.2, 0.25) is 0 Å². The van der Waals surface area contributed by atoms with Crippen LogP contribution in [-0.2, 0) is 22.1 Å². The maximum atomic E-state index is 13.2. The molecule has 1 amide bonds. The average molecular weight is 500 g/mol. The summed E-state index contributed by atoms with van der Waals surface area (Å²) in [5, 5.41) is 13.5. The molecule has 1 saturated heterocycles. The Balaban J connectivity index is 1.41. The third-order valence-corrected chi connectivity index (χ3v) is 6.36. The number of thiazole rings is 1. The molecule has 4 rings (SSSR count). The minimum absolute atomic E-state index is 0.0995. The number of ether oxygens (including phenoxy) is 1. The van der Waals surface area contributed by atoms with E-state index in [-0.39, 0.29) is 16.7 Å². The van der Waals surface area contributed by atoms with Crippen LogP contribution >= 0.6 is 23.1 Å². The molecule has 3 aromatic rings. The second-order valence-corrected chi connectivity index (χ2v) is 9.15. The monoisotopic (exact) mass is 499 g/mol. The normalized spacial score (nSPS) is 14.5. The number of hydrogen-bond donors (Lipinski definition) is 1. The van der Waals surface area contributed by atoms with Gasteiger partial charge in [0.25, 0.3) is 5.22 Å². The summed E-state index contributed by atoms with van der Waals surface area (Å²) >= 11 is 2.53. The van der Waals surface area contributed by atoms with Gasteiger partial charge in [-0.05, 0) is 25.1 Å². The van der Waals surface area contributed by atoms with Crippen LogP contribution in [-0.4, -0.2) is 53.1 Å². The molecule has 0 spiro atoms. The van der Waals surface area contributed by atoms with Crippen molar-refractivity contribution < 1.29 is 27.1 Å². The van der Waals surface area contributed by atoms with Gasteiger partial charge in [0.2, 0.25) is 11.8 Å². The fraction of sp³-hybridized carbons (Fsp3) is 0.400. The molecule has 1 N–H and O–H groups in total. The Morgan fingerprint density at radius 1 is 1.27 bits per heavy atom. The van der Waals surface area contributed by atoms with Gasteiger partial charge in [0.15, 0.2) is 0 Å². The molecule has 1 fully saturated rings. The van der Waals surface area contributed by atoms with E-state index in [2.05, 4.69) is 20.5 Å². The summed E-state index contributed by atoms with van der Waals surface area (Å²) < 4.78 is 50.5. The number of rotatable bonds is 7. The number of morpholine rings is 1. The molecule has 0 bridgehead atoms. The molecule has 33 heavy (non-hydrogen) atoms. The van der Waals surface area contributed by atoms with Gasteiger partial charge in [-0.1, -0.05) is 11.8 Å². The molecule has 13 heteroatoms. The molecular weight excluding hydrogens is 479 g/mol. The fourth-order valence-corrected chi connectivity index (χ4v) is 4.41. The van der Waals surface area contributed by atoms with E-state index in [1.807, 2.05) is 17.2 Å². The molecule has 1 aliphatic heterocycles. The second-order valence-electron chi connectivity index (χ2n) is 7.16. The quantitative estimate of drug-likeness (QED) is 0.488. The Bertz CT molecular complexity index is 1110. The van der Waals surface area contributed by atoms with Gasteiger partial charge in [-0.25, -0.2) is 4.98 Å². The number of thioether (sulfide) groups is 1. The fourth-order valence-electron chi connectivity index (χ4n) is 3.22. The summed E-state index contributed by atoms with van der Waals surface area (Å²) in [5.41, 5.74) is 0.600. The summed E-state index contributed by atoms with van der Waals surface area (Å²) in [5.74, 6) is -0.213. The van der Waals surface area contributed by atoms with Crippen LogP contribution in [0.25, 0.3) is 0 Å². The first-order chi connectivity index (χ1) is 15.8. The first-order valence-corrected chi connectivity index (χ1v) is 11.8. The molecule has 2 aromatic heterocycles. The van der Waals surface area contributed by atoms with Crippen LogP contribution in [0.5, 0.6) is 0 Å². The number of amides is 1. The molecule has 3 heterocycles. The highest BCUT2D eigenvalue weighted by atomic mass is 32.2. The van der Waals surface area contributed by atoms with Crippen LogP contribution in [0.1, 0.15) is 22.2 Å². The minimum Gasteiger partial charge on any atom is -0.416 e. The largest absolute Gasteiger partial charge is 0.416 e. The molecule has 176 valence electrons. The van der Waals surface area contributed by atoms with E-state index in [1.165, 1.54) is 17.4 Å². The van der Waals surface area contributed by atoms with Gasteiger partial charge in [0, 0.05) is 18.5 Å². The predicted molar refractivity (Wildman–Crippen MR) is 118 cm³/mol. The van der Waals surface area contributed by atoms with Crippen molar-refractivity contribution in [2.75, 3.05) is 42.3 Å². The van der Waals surface area contributed by atoms with Crippen molar-refractivity contribution in [3.63, 3.8) is 0 Å². The van der Waals surface area contributed by atoms with Gasteiger partial charge in [-0.3, -0.25) is 4.79 Å². The zero-order chi connectivity index (χ0) is 23.4. The Morgan fingerprint density at radius 2 is 2.06 bits per heavy atom. The van der Waals surface area contributed by atoms with Crippen molar-refractivity contribution in [3.8, 4) is 0 Å². The Morgan fingerprint density at radius 3 is 2.76 bits per heavy atom. The zero-order valence-corrected chi connectivity index (χ0v) is 19.1. The van der Waals surface area contributed by atoms with Crippen LogP contribution in [0, 0.1) is 6.92 Å². The topological polar surface area (TPSA) is 93.4 Å². The molecule has 0 atom stereocenters. The number of carbonyl (C=O) groups is 1. The van der Waals surface area contributed by atoms with Crippen LogP contribution < -0.4 is 10.2 Å². The lowest BCUT2D eigenvalue weighted by atomic mass is 10.1. The number of alkyl halides is 3. The van der Waals surface area contributed by atoms with Crippen molar-refractivity contribution in [3.05, 3.63) is 45.7 Å².